The van der Waals surface area contributed by atoms with Crippen LogP contribution >= 0.6 is 0 Å². The first kappa shape index (κ1) is 24.4. The summed E-state index contributed by atoms with van der Waals surface area (Å²) in [6.45, 7) is 1.07. The minimum atomic E-state index is -0.637. The SMILES string of the molecule is NCCCC(C(=O)NCCCc1ccccc1)N(CCc1ccccc1O)C(=O)CN. The summed E-state index contributed by atoms with van der Waals surface area (Å²) in [4.78, 5) is 27.1. The fraction of sp³-hybridized carbons (Fsp3) is 0.417. The van der Waals surface area contributed by atoms with Gasteiger partial charge in [0.25, 0.3) is 0 Å². The van der Waals surface area contributed by atoms with E-state index in [4.69, 9.17) is 11.5 Å². The Labute approximate surface area is 184 Å². The average molecular weight is 427 g/mol. The molecule has 0 aliphatic carbocycles. The highest BCUT2D eigenvalue weighted by Crippen LogP contribution is 2.18. The number of phenols is 1. The first-order chi connectivity index (χ1) is 15.1. The van der Waals surface area contributed by atoms with E-state index in [0.29, 0.717) is 38.9 Å². The molecule has 0 aliphatic heterocycles. The maximum atomic E-state index is 13.0. The van der Waals surface area contributed by atoms with Crippen LogP contribution in [0.3, 0.4) is 0 Å². The van der Waals surface area contributed by atoms with Crippen molar-refractivity contribution >= 4 is 11.8 Å². The van der Waals surface area contributed by atoms with Gasteiger partial charge in [0.2, 0.25) is 11.8 Å². The highest BCUT2D eigenvalue weighted by molar-refractivity contribution is 5.88. The van der Waals surface area contributed by atoms with Crippen molar-refractivity contribution in [2.45, 2.75) is 38.1 Å². The predicted octanol–water partition coefficient (Wildman–Crippen LogP) is 1.58. The molecule has 0 heterocycles. The van der Waals surface area contributed by atoms with Crippen molar-refractivity contribution < 1.29 is 14.7 Å². The first-order valence-electron chi connectivity index (χ1n) is 10.8. The number of aromatic hydroxyl groups is 1. The van der Waals surface area contributed by atoms with Gasteiger partial charge in [0.1, 0.15) is 11.8 Å². The zero-order chi connectivity index (χ0) is 22.5. The maximum absolute atomic E-state index is 13.0. The second-order valence-corrected chi connectivity index (χ2v) is 7.50. The zero-order valence-corrected chi connectivity index (χ0v) is 18.0. The number of benzene rings is 2. The molecule has 0 aliphatic rings. The zero-order valence-electron chi connectivity index (χ0n) is 18.0. The number of hydrogen-bond acceptors (Lipinski definition) is 5. The molecule has 6 N–H and O–H groups in total. The Morgan fingerprint density at radius 2 is 1.68 bits per heavy atom. The third kappa shape index (κ3) is 8.03. The molecule has 0 aromatic heterocycles. The molecule has 2 aromatic rings. The number of amides is 2. The summed E-state index contributed by atoms with van der Waals surface area (Å²) >= 11 is 0. The first-order valence-corrected chi connectivity index (χ1v) is 10.8. The number of phenolic OH excluding ortho intramolecular Hbond substituents is 1. The predicted molar refractivity (Wildman–Crippen MR) is 122 cm³/mol. The number of carbonyl (C=O) groups excluding carboxylic acids is 2. The number of nitrogens with two attached hydrogens (primary N) is 2. The number of carbonyl (C=O) groups is 2. The Morgan fingerprint density at radius 1 is 0.968 bits per heavy atom. The monoisotopic (exact) mass is 426 g/mol. The van der Waals surface area contributed by atoms with Gasteiger partial charge >= 0.3 is 0 Å². The molecule has 7 heteroatoms. The number of para-hydroxylation sites is 1. The van der Waals surface area contributed by atoms with E-state index in [0.717, 1.165) is 18.4 Å². The average Bonchev–Trinajstić information content (AvgIpc) is 2.80. The summed E-state index contributed by atoms with van der Waals surface area (Å²) < 4.78 is 0. The van der Waals surface area contributed by atoms with Crippen molar-refractivity contribution in [1.29, 1.82) is 0 Å². The molecule has 168 valence electrons. The quantitative estimate of drug-likeness (QED) is 0.362. The maximum Gasteiger partial charge on any atom is 0.242 e. The van der Waals surface area contributed by atoms with Crippen LogP contribution in [-0.2, 0) is 22.4 Å². The summed E-state index contributed by atoms with van der Waals surface area (Å²) in [6.07, 6.45) is 3.19. The van der Waals surface area contributed by atoms with E-state index in [1.807, 2.05) is 24.3 Å². The van der Waals surface area contributed by atoms with Crippen molar-refractivity contribution in [1.82, 2.24) is 10.2 Å². The molecule has 2 aromatic carbocycles. The fourth-order valence-corrected chi connectivity index (χ4v) is 3.54. The van der Waals surface area contributed by atoms with Crippen LogP contribution in [0.1, 0.15) is 30.4 Å². The van der Waals surface area contributed by atoms with Crippen molar-refractivity contribution in [2.24, 2.45) is 11.5 Å². The molecule has 0 bridgehead atoms. The van der Waals surface area contributed by atoms with Crippen LogP contribution in [0.15, 0.2) is 54.6 Å². The fourth-order valence-electron chi connectivity index (χ4n) is 3.54. The highest BCUT2D eigenvalue weighted by atomic mass is 16.3. The Kier molecular flexibility index (Phi) is 10.5. The van der Waals surface area contributed by atoms with Gasteiger partial charge in [0, 0.05) is 13.1 Å². The summed E-state index contributed by atoms with van der Waals surface area (Å²) in [7, 11) is 0. The van der Waals surface area contributed by atoms with E-state index in [-0.39, 0.29) is 24.1 Å². The molecule has 7 nitrogen and oxygen atoms in total. The number of rotatable bonds is 13. The lowest BCUT2D eigenvalue weighted by molar-refractivity contribution is -0.139. The van der Waals surface area contributed by atoms with Crippen LogP contribution in [0.25, 0.3) is 0 Å². The molecule has 2 rings (SSSR count). The Bertz CT molecular complexity index is 813. The molecule has 0 saturated carbocycles. The van der Waals surface area contributed by atoms with Gasteiger partial charge in [-0.3, -0.25) is 9.59 Å². The molecule has 31 heavy (non-hydrogen) atoms. The number of hydrogen-bond donors (Lipinski definition) is 4. The van der Waals surface area contributed by atoms with E-state index in [9.17, 15) is 14.7 Å². The minimum absolute atomic E-state index is 0.173. The van der Waals surface area contributed by atoms with E-state index in [1.54, 1.807) is 18.2 Å². The van der Waals surface area contributed by atoms with E-state index in [2.05, 4.69) is 17.4 Å². The molecule has 1 unspecified atom stereocenters. The van der Waals surface area contributed by atoms with Gasteiger partial charge in [-0.1, -0.05) is 48.5 Å². The summed E-state index contributed by atoms with van der Waals surface area (Å²) in [5, 5.41) is 13.0. The highest BCUT2D eigenvalue weighted by Gasteiger charge is 2.28. The second kappa shape index (κ2) is 13.4. The Hall–Kier alpha value is -2.90. The standard InChI is InChI=1S/C24H34N4O3/c25-15-6-12-21(24(31)27-16-7-10-19-8-2-1-3-9-19)28(23(30)18-26)17-14-20-11-4-5-13-22(20)29/h1-5,8-9,11,13,21,29H,6-7,10,12,14-18,25-26H2,(H,27,31). The van der Waals surface area contributed by atoms with Gasteiger partial charge < -0.3 is 26.8 Å². The van der Waals surface area contributed by atoms with Gasteiger partial charge in [-0.05, 0) is 55.8 Å². The lowest BCUT2D eigenvalue weighted by Crippen LogP contribution is -2.52. The van der Waals surface area contributed by atoms with Crippen molar-refractivity contribution in [3.8, 4) is 5.75 Å². The topological polar surface area (TPSA) is 122 Å². The smallest absolute Gasteiger partial charge is 0.242 e. The lowest BCUT2D eigenvalue weighted by Gasteiger charge is -2.31. The van der Waals surface area contributed by atoms with Crippen molar-refractivity contribution in [2.75, 3.05) is 26.2 Å². The van der Waals surface area contributed by atoms with Gasteiger partial charge in [0.15, 0.2) is 0 Å². The third-order valence-corrected chi connectivity index (χ3v) is 5.25. The molecule has 2 amide bonds. The second-order valence-electron chi connectivity index (χ2n) is 7.50. The van der Waals surface area contributed by atoms with Gasteiger partial charge in [0.05, 0.1) is 6.54 Å². The summed E-state index contributed by atoms with van der Waals surface area (Å²) in [5.41, 5.74) is 13.2. The Morgan fingerprint density at radius 3 is 2.35 bits per heavy atom. The molecule has 0 saturated heterocycles. The van der Waals surface area contributed by atoms with Crippen LogP contribution in [0, 0.1) is 0 Å². The van der Waals surface area contributed by atoms with E-state index >= 15 is 0 Å². The molecule has 0 fully saturated rings. The summed E-state index contributed by atoms with van der Waals surface area (Å²) in [5.74, 6) is -0.316. The summed E-state index contributed by atoms with van der Waals surface area (Å²) in [6, 6.07) is 16.4. The van der Waals surface area contributed by atoms with Crippen LogP contribution in [0.2, 0.25) is 0 Å². The van der Waals surface area contributed by atoms with Gasteiger partial charge in [-0.15, -0.1) is 0 Å². The van der Waals surface area contributed by atoms with E-state index < -0.39 is 6.04 Å². The largest absolute Gasteiger partial charge is 0.508 e. The van der Waals surface area contributed by atoms with Crippen LogP contribution in [0.5, 0.6) is 5.75 Å². The number of nitrogens with zero attached hydrogens (tertiary/aromatic N) is 1. The number of aryl methyl sites for hydroxylation is 1. The van der Waals surface area contributed by atoms with Gasteiger partial charge in [-0.25, -0.2) is 0 Å². The lowest BCUT2D eigenvalue weighted by atomic mass is 10.1. The van der Waals surface area contributed by atoms with Crippen molar-refractivity contribution in [3.63, 3.8) is 0 Å². The third-order valence-electron chi connectivity index (χ3n) is 5.25. The molecular weight excluding hydrogens is 392 g/mol. The molecule has 0 radical (unpaired) electrons. The number of nitrogens with one attached hydrogen (secondary N) is 1. The van der Waals surface area contributed by atoms with Crippen LogP contribution in [-0.4, -0.2) is 54.0 Å². The Balaban J connectivity index is 2.00. The molecule has 0 spiro atoms. The molecular formula is C24H34N4O3. The van der Waals surface area contributed by atoms with Gasteiger partial charge in [-0.2, -0.15) is 0 Å². The van der Waals surface area contributed by atoms with E-state index in [1.165, 1.54) is 10.5 Å². The minimum Gasteiger partial charge on any atom is -0.508 e. The van der Waals surface area contributed by atoms with Crippen LogP contribution in [0.4, 0.5) is 0 Å². The van der Waals surface area contributed by atoms with Crippen LogP contribution < -0.4 is 16.8 Å². The molecule has 1 atom stereocenters. The van der Waals surface area contributed by atoms with Crippen molar-refractivity contribution in [3.05, 3.63) is 65.7 Å². The normalized spacial score (nSPS) is 11.7.